The zero-order valence-corrected chi connectivity index (χ0v) is 13.0. The van der Waals surface area contributed by atoms with Crippen LogP contribution in [0.15, 0.2) is 0 Å². The van der Waals surface area contributed by atoms with Crippen molar-refractivity contribution in [2.75, 3.05) is 6.26 Å². The summed E-state index contributed by atoms with van der Waals surface area (Å²) in [6.07, 6.45) is 9.95. The van der Waals surface area contributed by atoms with Gasteiger partial charge in [-0.15, -0.1) is 0 Å². The number of carboxylic acid groups (broad SMARTS) is 1. The van der Waals surface area contributed by atoms with Crippen LogP contribution >= 0.6 is 11.8 Å². The molecule has 4 nitrogen and oxygen atoms in total. The third kappa shape index (κ3) is 3.48. The van der Waals surface area contributed by atoms with Crippen molar-refractivity contribution in [1.29, 1.82) is 0 Å². The number of hydrogen-bond acceptors (Lipinski definition) is 3. The fourth-order valence-corrected chi connectivity index (χ4v) is 4.56. The molecule has 0 aliphatic heterocycles. The summed E-state index contributed by atoms with van der Waals surface area (Å²) in [5.41, 5.74) is -0.798. The maximum absolute atomic E-state index is 12.3. The molecule has 2 aliphatic rings. The first-order valence-electron chi connectivity index (χ1n) is 7.63. The molecule has 1 amide bonds. The Hall–Kier alpha value is -0.710. The number of amides is 1. The summed E-state index contributed by atoms with van der Waals surface area (Å²) in [5.74, 6) is -0.865. The van der Waals surface area contributed by atoms with E-state index in [1.165, 1.54) is 6.42 Å². The number of hydrogen-bond donors (Lipinski definition) is 2. The monoisotopic (exact) mass is 299 g/mol. The molecule has 0 aromatic rings. The number of carbonyl (C=O) groups is 2. The minimum atomic E-state index is -0.798. The van der Waals surface area contributed by atoms with Gasteiger partial charge in [-0.25, -0.2) is 0 Å². The SMILES string of the molecule is CSC1CCCCC1NC(=O)CC1(C(=O)O)CCCC1. The molecule has 2 atom stereocenters. The first kappa shape index (κ1) is 15.7. The van der Waals surface area contributed by atoms with E-state index in [2.05, 4.69) is 11.6 Å². The Balaban J connectivity index is 1.92. The molecule has 20 heavy (non-hydrogen) atoms. The molecule has 2 unspecified atom stereocenters. The highest BCUT2D eigenvalue weighted by Crippen LogP contribution is 2.41. The van der Waals surface area contributed by atoms with Gasteiger partial charge in [-0.3, -0.25) is 9.59 Å². The lowest BCUT2D eigenvalue weighted by Gasteiger charge is -2.32. The standard InChI is InChI=1S/C15H25NO3S/c1-20-12-7-3-2-6-11(12)16-13(17)10-15(14(18)19)8-4-5-9-15/h11-12H,2-10H2,1H3,(H,16,17)(H,18,19). The third-order valence-corrected chi connectivity index (χ3v) is 6.03. The Labute approximate surface area is 125 Å². The lowest BCUT2D eigenvalue weighted by Crippen LogP contribution is -2.46. The van der Waals surface area contributed by atoms with Gasteiger partial charge in [-0.1, -0.05) is 25.7 Å². The summed E-state index contributed by atoms with van der Waals surface area (Å²) < 4.78 is 0. The largest absolute Gasteiger partial charge is 0.481 e. The van der Waals surface area contributed by atoms with Gasteiger partial charge in [0.2, 0.25) is 5.91 Å². The molecule has 2 fully saturated rings. The maximum atomic E-state index is 12.3. The van der Waals surface area contributed by atoms with Crippen molar-refractivity contribution in [2.45, 2.75) is 69.1 Å². The molecule has 0 aromatic carbocycles. The zero-order valence-electron chi connectivity index (χ0n) is 12.2. The first-order valence-corrected chi connectivity index (χ1v) is 8.92. The van der Waals surface area contributed by atoms with Gasteiger partial charge in [0, 0.05) is 17.7 Å². The number of aliphatic carboxylic acids is 1. The quantitative estimate of drug-likeness (QED) is 0.819. The Bertz CT molecular complexity index is 366. The molecule has 0 aromatic heterocycles. The van der Waals surface area contributed by atoms with Crippen molar-refractivity contribution in [3.63, 3.8) is 0 Å². The summed E-state index contributed by atoms with van der Waals surface area (Å²) in [4.78, 5) is 23.7. The van der Waals surface area contributed by atoms with E-state index in [1.807, 2.05) is 11.8 Å². The number of nitrogens with one attached hydrogen (secondary N) is 1. The van der Waals surface area contributed by atoms with Crippen molar-refractivity contribution < 1.29 is 14.7 Å². The third-order valence-electron chi connectivity index (χ3n) is 4.86. The second kappa shape index (κ2) is 6.83. The lowest BCUT2D eigenvalue weighted by molar-refractivity contribution is -0.151. The van der Waals surface area contributed by atoms with Crippen LogP contribution in [0.4, 0.5) is 0 Å². The summed E-state index contributed by atoms with van der Waals surface area (Å²) in [6, 6.07) is 0.221. The van der Waals surface area contributed by atoms with Gasteiger partial charge in [0.05, 0.1) is 5.41 Å². The van der Waals surface area contributed by atoms with E-state index in [9.17, 15) is 14.7 Å². The Morgan fingerprint density at radius 2 is 1.85 bits per heavy atom. The van der Waals surface area contributed by atoms with Gasteiger partial charge < -0.3 is 10.4 Å². The highest BCUT2D eigenvalue weighted by atomic mass is 32.2. The number of carboxylic acids is 1. The van der Waals surface area contributed by atoms with Crippen LogP contribution < -0.4 is 5.32 Å². The zero-order chi connectivity index (χ0) is 14.6. The minimum absolute atomic E-state index is 0.0692. The van der Waals surface area contributed by atoms with Gasteiger partial charge in [0.1, 0.15) is 0 Å². The van der Waals surface area contributed by atoms with Crippen LogP contribution in [0.2, 0.25) is 0 Å². The normalized spacial score (nSPS) is 29.1. The van der Waals surface area contributed by atoms with Gasteiger partial charge in [-0.2, -0.15) is 11.8 Å². The van der Waals surface area contributed by atoms with Crippen molar-refractivity contribution in [1.82, 2.24) is 5.32 Å². The molecule has 0 heterocycles. The van der Waals surface area contributed by atoms with Gasteiger partial charge in [0.15, 0.2) is 0 Å². The van der Waals surface area contributed by atoms with Crippen LogP contribution in [0, 0.1) is 5.41 Å². The van der Waals surface area contributed by atoms with Crippen LogP contribution in [0.25, 0.3) is 0 Å². The van der Waals surface area contributed by atoms with Crippen molar-refractivity contribution >= 4 is 23.6 Å². The molecule has 0 radical (unpaired) electrons. The molecule has 0 saturated heterocycles. The van der Waals surface area contributed by atoms with Crippen LogP contribution in [-0.4, -0.2) is 34.5 Å². The smallest absolute Gasteiger partial charge is 0.310 e. The van der Waals surface area contributed by atoms with E-state index < -0.39 is 11.4 Å². The molecule has 0 spiro atoms. The minimum Gasteiger partial charge on any atom is -0.481 e. The van der Waals surface area contributed by atoms with Crippen molar-refractivity contribution in [3.8, 4) is 0 Å². The Morgan fingerprint density at radius 3 is 2.45 bits per heavy atom. The molecule has 2 saturated carbocycles. The molecule has 5 heteroatoms. The topological polar surface area (TPSA) is 66.4 Å². The van der Waals surface area contributed by atoms with Gasteiger partial charge >= 0.3 is 5.97 Å². The van der Waals surface area contributed by atoms with Crippen LogP contribution in [0.5, 0.6) is 0 Å². The van der Waals surface area contributed by atoms with Crippen LogP contribution in [0.3, 0.4) is 0 Å². The molecule has 2 rings (SSSR count). The van der Waals surface area contributed by atoms with E-state index in [0.717, 1.165) is 32.1 Å². The Kier molecular flexibility index (Phi) is 5.35. The van der Waals surface area contributed by atoms with Gasteiger partial charge in [-0.05, 0) is 31.9 Å². The second-order valence-electron chi connectivity index (χ2n) is 6.20. The average molecular weight is 299 g/mol. The van der Waals surface area contributed by atoms with E-state index >= 15 is 0 Å². The van der Waals surface area contributed by atoms with Crippen LogP contribution in [0.1, 0.15) is 57.8 Å². The van der Waals surface area contributed by atoms with Crippen molar-refractivity contribution in [3.05, 3.63) is 0 Å². The van der Waals surface area contributed by atoms with Gasteiger partial charge in [0.25, 0.3) is 0 Å². The molecule has 0 bridgehead atoms. The summed E-state index contributed by atoms with van der Waals surface area (Å²) in [5, 5.41) is 13.0. The molecule has 114 valence electrons. The summed E-state index contributed by atoms with van der Waals surface area (Å²) in [7, 11) is 0. The van der Waals surface area contributed by atoms with Crippen molar-refractivity contribution in [2.24, 2.45) is 5.41 Å². The highest BCUT2D eigenvalue weighted by Gasteiger charge is 2.43. The first-order chi connectivity index (χ1) is 9.57. The summed E-state index contributed by atoms with van der Waals surface area (Å²) >= 11 is 1.81. The van der Waals surface area contributed by atoms with E-state index in [4.69, 9.17) is 0 Å². The maximum Gasteiger partial charge on any atom is 0.310 e. The number of rotatable bonds is 5. The van der Waals surface area contributed by atoms with E-state index in [1.54, 1.807) is 0 Å². The Morgan fingerprint density at radius 1 is 1.20 bits per heavy atom. The van der Waals surface area contributed by atoms with E-state index in [0.29, 0.717) is 18.1 Å². The fraction of sp³-hybridized carbons (Fsp3) is 0.867. The molecule has 2 N–H and O–H groups in total. The number of carbonyl (C=O) groups excluding carboxylic acids is 1. The number of thioether (sulfide) groups is 1. The lowest BCUT2D eigenvalue weighted by atomic mass is 9.82. The predicted octanol–water partition coefficient (Wildman–Crippen LogP) is 2.81. The molecule has 2 aliphatic carbocycles. The van der Waals surface area contributed by atoms with E-state index in [-0.39, 0.29) is 18.4 Å². The fourth-order valence-electron chi connectivity index (χ4n) is 3.63. The average Bonchev–Trinajstić information content (AvgIpc) is 2.89. The molecular weight excluding hydrogens is 274 g/mol. The highest BCUT2D eigenvalue weighted by molar-refractivity contribution is 7.99. The predicted molar refractivity (Wildman–Crippen MR) is 80.9 cm³/mol. The van der Waals surface area contributed by atoms with Crippen LogP contribution in [-0.2, 0) is 9.59 Å². The molecular formula is C15H25NO3S. The second-order valence-corrected chi connectivity index (χ2v) is 7.28. The summed E-state index contributed by atoms with van der Waals surface area (Å²) in [6.45, 7) is 0.